The smallest absolute Gasteiger partial charge is 0.191 e. The minimum Gasteiger partial charge on any atom is -0.356 e. The van der Waals surface area contributed by atoms with Crippen LogP contribution in [0.3, 0.4) is 0 Å². The van der Waals surface area contributed by atoms with Crippen molar-refractivity contribution in [2.24, 2.45) is 10.4 Å². The second-order valence-corrected chi connectivity index (χ2v) is 7.20. The highest BCUT2D eigenvalue weighted by atomic mass is 127. The third kappa shape index (κ3) is 7.79. The molecule has 0 aliphatic rings. The Hall–Kier alpha value is -0.890. The first-order valence-electron chi connectivity index (χ1n) is 8.02. The number of rotatable bonds is 6. The number of nitrogens with zero attached hydrogens (tertiary/aromatic N) is 2. The number of guanidine groups is 1. The van der Waals surface area contributed by atoms with E-state index < -0.39 is 0 Å². The van der Waals surface area contributed by atoms with E-state index in [1.165, 1.54) is 0 Å². The van der Waals surface area contributed by atoms with Crippen LogP contribution in [-0.2, 0) is 0 Å². The maximum Gasteiger partial charge on any atom is 0.191 e. The quantitative estimate of drug-likeness (QED) is 0.396. The molecule has 4 nitrogen and oxygen atoms in total. The van der Waals surface area contributed by atoms with Crippen molar-refractivity contribution in [2.45, 2.75) is 33.7 Å². The van der Waals surface area contributed by atoms with Gasteiger partial charge in [-0.25, -0.2) is 4.39 Å². The molecule has 1 atom stereocenters. The van der Waals surface area contributed by atoms with Crippen LogP contribution in [0, 0.1) is 18.2 Å². The van der Waals surface area contributed by atoms with E-state index in [9.17, 15) is 4.39 Å². The van der Waals surface area contributed by atoms with Gasteiger partial charge in [0.2, 0.25) is 0 Å². The molecule has 138 valence electrons. The van der Waals surface area contributed by atoms with Gasteiger partial charge in [-0.05, 0) is 50.6 Å². The lowest BCUT2D eigenvalue weighted by atomic mass is 9.93. The maximum absolute atomic E-state index is 13.7. The number of halogens is 2. The molecule has 0 spiro atoms. The highest BCUT2D eigenvalue weighted by Crippen LogP contribution is 2.17. The summed E-state index contributed by atoms with van der Waals surface area (Å²) in [7, 11) is 5.89. The molecule has 1 unspecified atom stereocenters. The molecule has 1 rings (SSSR count). The van der Waals surface area contributed by atoms with Crippen LogP contribution in [0.25, 0.3) is 0 Å². The molecule has 0 bridgehead atoms. The summed E-state index contributed by atoms with van der Waals surface area (Å²) in [5.74, 6) is 0.552. The zero-order chi connectivity index (χ0) is 17.6. The van der Waals surface area contributed by atoms with Crippen molar-refractivity contribution in [3.8, 4) is 0 Å². The standard InChI is InChI=1S/C18H31FN4.HI/c1-13-8-9-15(10-16(13)19)14(2)22-17(20-5)21-11-18(3,4)12-23(6)7;/h8-10,14H,11-12H2,1-7H3,(H2,20,21,22);1H. The number of hydrogen-bond acceptors (Lipinski definition) is 2. The minimum atomic E-state index is -0.175. The zero-order valence-corrected chi connectivity index (χ0v) is 18.2. The Kier molecular flexibility index (Phi) is 9.80. The van der Waals surface area contributed by atoms with Crippen LogP contribution in [0.15, 0.2) is 23.2 Å². The average molecular weight is 450 g/mol. The van der Waals surface area contributed by atoms with Crippen molar-refractivity contribution < 1.29 is 4.39 Å². The van der Waals surface area contributed by atoms with E-state index in [-0.39, 0.29) is 41.3 Å². The zero-order valence-electron chi connectivity index (χ0n) is 15.9. The number of hydrogen-bond donors (Lipinski definition) is 2. The predicted molar refractivity (Wildman–Crippen MR) is 112 cm³/mol. The third-order valence-electron chi connectivity index (χ3n) is 3.75. The summed E-state index contributed by atoms with van der Waals surface area (Å²) < 4.78 is 13.7. The van der Waals surface area contributed by atoms with Gasteiger partial charge < -0.3 is 15.5 Å². The fraction of sp³-hybridized carbons (Fsp3) is 0.611. The highest BCUT2D eigenvalue weighted by Gasteiger charge is 2.19. The first-order chi connectivity index (χ1) is 10.6. The molecular weight excluding hydrogens is 418 g/mol. The number of aryl methyl sites for hydroxylation is 1. The van der Waals surface area contributed by atoms with E-state index in [0.717, 1.165) is 24.6 Å². The van der Waals surface area contributed by atoms with E-state index >= 15 is 0 Å². The molecule has 1 aromatic carbocycles. The molecule has 24 heavy (non-hydrogen) atoms. The van der Waals surface area contributed by atoms with Gasteiger partial charge in [-0.15, -0.1) is 24.0 Å². The Balaban J connectivity index is 0.00000529. The Morgan fingerprint density at radius 3 is 2.46 bits per heavy atom. The van der Waals surface area contributed by atoms with Crippen LogP contribution in [-0.4, -0.2) is 45.1 Å². The normalized spacial score (nSPS) is 13.5. The van der Waals surface area contributed by atoms with E-state index in [1.807, 2.05) is 13.0 Å². The van der Waals surface area contributed by atoms with Gasteiger partial charge in [-0.1, -0.05) is 26.0 Å². The first kappa shape index (κ1) is 23.1. The maximum atomic E-state index is 13.7. The first-order valence-corrected chi connectivity index (χ1v) is 8.02. The lowest BCUT2D eigenvalue weighted by molar-refractivity contribution is 0.241. The van der Waals surface area contributed by atoms with E-state index in [0.29, 0.717) is 5.56 Å². The van der Waals surface area contributed by atoms with Crippen LogP contribution >= 0.6 is 24.0 Å². The minimum absolute atomic E-state index is 0. The van der Waals surface area contributed by atoms with Gasteiger partial charge in [0.05, 0.1) is 6.04 Å². The Morgan fingerprint density at radius 1 is 1.33 bits per heavy atom. The number of nitrogens with one attached hydrogen (secondary N) is 2. The second kappa shape index (κ2) is 10.2. The molecule has 0 amide bonds. The summed E-state index contributed by atoms with van der Waals surface area (Å²) in [6.07, 6.45) is 0. The molecule has 0 aliphatic heterocycles. The molecule has 0 aliphatic carbocycles. The van der Waals surface area contributed by atoms with Crippen LogP contribution < -0.4 is 10.6 Å². The third-order valence-corrected chi connectivity index (χ3v) is 3.75. The predicted octanol–water partition coefficient (Wildman–Crippen LogP) is 3.57. The summed E-state index contributed by atoms with van der Waals surface area (Å²) in [5, 5.41) is 6.67. The van der Waals surface area contributed by atoms with Crippen molar-refractivity contribution in [3.05, 3.63) is 35.1 Å². The molecule has 1 aromatic rings. The van der Waals surface area contributed by atoms with Crippen molar-refractivity contribution in [2.75, 3.05) is 34.2 Å². The topological polar surface area (TPSA) is 39.7 Å². The van der Waals surface area contributed by atoms with Crippen LogP contribution in [0.5, 0.6) is 0 Å². The van der Waals surface area contributed by atoms with E-state index in [1.54, 1.807) is 26.1 Å². The van der Waals surface area contributed by atoms with Crippen LogP contribution in [0.1, 0.15) is 37.9 Å². The molecule has 0 heterocycles. The Morgan fingerprint density at radius 2 is 1.96 bits per heavy atom. The van der Waals surface area contributed by atoms with E-state index in [4.69, 9.17) is 0 Å². The summed E-state index contributed by atoms with van der Waals surface area (Å²) >= 11 is 0. The molecule has 0 saturated heterocycles. The fourth-order valence-corrected chi connectivity index (χ4v) is 2.60. The van der Waals surface area contributed by atoms with Gasteiger partial charge >= 0.3 is 0 Å². The largest absolute Gasteiger partial charge is 0.356 e. The van der Waals surface area contributed by atoms with Crippen LogP contribution in [0.2, 0.25) is 0 Å². The van der Waals surface area contributed by atoms with Crippen LogP contribution in [0.4, 0.5) is 4.39 Å². The summed E-state index contributed by atoms with van der Waals surface area (Å²) in [6, 6.07) is 5.31. The molecule has 0 radical (unpaired) electrons. The molecule has 2 N–H and O–H groups in total. The van der Waals surface area contributed by atoms with E-state index in [2.05, 4.69) is 48.5 Å². The van der Waals surface area contributed by atoms with Crippen molar-refractivity contribution >= 4 is 29.9 Å². The molecule has 0 aromatic heterocycles. The van der Waals surface area contributed by atoms with Gasteiger partial charge in [-0.3, -0.25) is 4.99 Å². The van der Waals surface area contributed by atoms with Crippen molar-refractivity contribution in [1.29, 1.82) is 0 Å². The van der Waals surface area contributed by atoms with Crippen molar-refractivity contribution in [3.63, 3.8) is 0 Å². The van der Waals surface area contributed by atoms with Gasteiger partial charge in [0.25, 0.3) is 0 Å². The van der Waals surface area contributed by atoms with Gasteiger partial charge in [0.1, 0.15) is 5.82 Å². The molecule has 0 saturated carbocycles. The van der Waals surface area contributed by atoms with Gasteiger partial charge in [0.15, 0.2) is 5.96 Å². The lowest BCUT2D eigenvalue weighted by Crippen LogP contribution is -2.45. The number of benzene rings is 1. The second-order valence-electron chi connectivity index (χ2n) is 7.20. The number of aliphatic imine (C=N–C) groups is 1. The fourth-order valence-electron chi connectivity index (χ4n) is 2.60. The van der Waals surface area contributed by atoms with Crippen molar-refractivity contribution in [1.82, 2.24) is 15.5 Å². The summed E-state index contributed by atoms with van der Waals surface area (Å²) in [6.45, 7) is 9.99. The van der Waals surface area contributed by atoms with Gasteiger partial charge in [0, 0.05) is 20.1 Å². The Labute approximate surface area is 163 Å². The molecule has 6 heteroatoms. The summed E-state index contributed by atoms with van der Waals surface area (Å²) in [5.41, 5.74) is 1.69. The Bertz CT molecular complexity index is 544. The highest BCUT2D eigenvalue weighted by molar-refractivity contribution is 14.0. The average Bonchev–Trinajstić information content (AvgIpc) is 2.44. The molecular formula is C18H32FIN4. The van der Waals surface area contributed by atoms with Gasteiger partial charge in [-0.2, -0.15) is 0 Å². The lowest BCUT2D eigenvalue weighted by Gasteiger charge is -2.29. The monoisotopic (exact) mass is 450 g/mol. The SMILES string of the molecule is CN=C(NCC(C)(C)CN(C)C)NC(C)c1ccc(C)c(F)c1.I. The summed E-state index contributed by atoms with van der Waals surface area (Å²) in [4.78, 5) is 6.44. The molecule has 0 fully saturated rings.